The molecule has 2 heterocycles. The normalized spacial score (nSPS) is 28.9. The molecule has 7 nitrogen and oxygen atoms in total. The highest BCUT2D eigenvalue weighted by Crippen LogP contribution is 2.53. The molecule has 178 valence electrons. The lowest BCUT2D eigenvalue weighted by Crippen LogP contribution is -2.32. The third-order valence-electron chi connectivity index (χ3n) is 8.09. The van der Waals surface area contributed by atoms with E-state index < -0.39 is 11.9 Å². The van der Waals surface area contributed by atoms with Gasteiger partial charge in [-0.2, -0.15) is 0 Å². The quantitative estimate of drug-likeness (QED) is 0.295. The van der Waals surface area contributed by atoms with Gasteiger partial charge in [0, 0.05) is 24.7 Å². The number of imide groups is 1. The van der Waals surface area contributed by atoms with E-state index >= 15 is 0 Å². The molecule has 0 unspecified atom stereocenters. The van der Waals surface area contributed by atoms with Gasteiger partial charge in [-0.25, -0.2) is 4.90 Å². The average Bonchev–Trinajstić information content (AvgIpc) is 3.59. The number of aryl methyl sites for hydroxylation is 1. The van der Waals surface area contributed by atoms with Crippen LogP contribution in [0.2, 0.25) is 0 Å². The number of carbonyl (C=O) groups excluding carboxylic acids is 4. The third kappa shape index (κ3) is 3.32. The van der Waals surface area contributed by atoms with Crippen LogP contribution in [0.4, 0.5) is 11.4 Å². The van der Waals surface area contributed by atoms with Crippen molar-refractivity contribution in [1.82, 2.24) is 0 Å². The zero-order valence-electron chi connectivity index (χ0n) is 19.6. The zero-order valence-corrected chi connectivity index (χ0v) is 19.6. The van der Waals surface area contributed by atoms with Crippen LogP contribution in [0.5, 0.6) is 5.75 Å². The van der Waals surface area contributed by atoms with Crippen LogP contribution >= 0.6 is 0 Å². The summed E-state index contributed by atoms with van der Waals surface area (Å²) in [6.07, 6.45) is 5.07. The van der Waals surface area contributed by atoms with Gasteiger partial charge in [0.1, 0.15) is 5.75 Å². The zero-order chi connectivity index (χ0) is 24.4. The SMILES string of the molecule is Cc1cccc(N2C[C@H](C(=O)Oc3cccc(N4C(=O)[C@H]5[C@H](C4=O)[C@H]4C=C[C@H]5C4)c3)CC2=O)c1C. The molecule has 2 aromatic carbocycles. The summed E-state index contributed by atoms with van der Waals surface area (Å²) in [6.45, 7) is 4.21. The predicted octanol–water partition coefficient (Wildman–Crippen LogP) is 3.57. The first kappa shape index (κ1) is 21.8. The smallest absolute Gasteiger partial charge is 0.316 e. The van der Waals surface area contributed by atoms with E-state index in [1.807, 2.05) is 32.0 Å². The first-order valence-electron chi connectivity index (χ1n) is 12.1. The van der Waals surface area contributed by atoms with Gasteiger partial charge in [-0.3, -0.25) is 19.2 Å². The average molecular weight is 471 g/mol. The summed E-state index contributed by atoms with van der Waals surface area (Å²) >= 11 is 0. The van der Waals surface area contributed by atoms with Crippen molar-refractivity contribution < 1.29 is 23.9 Å². The van der Waals surface area contributed by atoms with Gasteiger partial charge in [0.25, 0.3) is 0 Å². The van der Waals surface area contributed by atoms with E-state index in [2.05, 4.69) is 12.2 Å². The van der Waals surface area contributed by atoms with Gasteiger partial charge in [0.05, 0.1) is 23.4 Å². The summed E-state index contributed by atoms with van der Waals surface area (Å²) in [6, 6.07) is 12.3. The van der Waals surface area contributed by atoms with Crippen LogP contribution in [0.3, 0.4) is 0 Å². The van der Waals surface area contributed by atoms with E-state index in [4.69, 9.17) is 4.74 Å². The lowest BCUT2D eigenvalue weighted by Gasteiger charge is -2.20. The van der Waals surface area contributed by atoms with E-state index in [0.29, 0.717) is 5.69 Å². The molecule has 3 amide bonds. The first-order chi connectivity index (χ1) is 16.8. The van der Waals surface area contributed by atoms with E-state index in [0.717, 1.165) is 23.2 Å². The van der Waals surface area contributed by atoms with E-state index in [1.54, 1.807) is 29.2 Å². The third-order valence-corrected chi connectivity index (χ3v) is 8.09. The Bertz CT molecular complexity index is 1280. The first-order valence-corrected chi connectivity index (χ1v) is 12.1. The Morgan fingerprint density at radius 3 is 2.34 bits per heavy atom. The van der Waals surface area contributed by atoms with Crippen LogP contribution < -0.4 is 14.5 Å². The van der Waals surface area contributed by atoms with Crippen molar-refractivity contribution in [1.29, 1.82) is 0 Å². The number of rotatable bonds is 4. The minimum atomic E-state index is -0.595. The number of fused-ring (bicyclic) bond motifs is 5. The van der Waals surface area contributed by atoms with E-state index in [1.165, 1.54) is 4.90 Å². The summed E-state index contributed by atoms with van der Waals surface area (Å²) in [5.74, 6) is -1.62. The Labute approximate surface area is 203 Å². The van der Waals surface area contributed by atoms with Crippen molar-refractivity contribution in [2.24, 2.45) is 29.6 Å². The van der Waals surface area contributed by atoms with Crippen molar-refractivity contribution in [2.75, 3.05) is 16.3 Å². The van der Waals surface area contributed by atoms with Crippen molar-refractivity contribution in [3.63, 3.8) is 0 Å². The fourth-order valence-electron chi connectivity index (χ4n) is 6.17. The number of anilines is 2. The summed E-state index contributed by atoms with van der Waals surface area (Å²) in [4.78, 5) is 54.8. The molecule has 5 atom stereocenters. The van der Waals surface area contributed by atoms with Gasteiger partial charge >= 0.3 is 5.97 Å². The summed E-state index contributed by atoms with van der Waals surface area (Å²) in [7, 11) is 0. The Morgan fingerprint density at radius 1 is 0.943 bits per heavy atom. The Balaban J connectivity index is 1.18. The molecule has 4 aliphatic rings. The molecule has 3 fully saturated rings. The number of allylic oxidation sites excluding steroid dienone is 2. The molecule has 2 aliphatic carbocycles. The van der Waals surface area contributed by atoms with Crippen LogP contribution in [0.1, 0.15) is 24.0 Å². The molecule has 6 rings (SSSR count). The van der Waals surface area contributed by atoms with Crippen molar-refractivity contribution in [3.05, 3.63) is 65.7 Å². The number of ether oxygens (including phenoxy) is 1. The molecule has 2 saturated heterocycles. The molecule has 0 radical (unpaired) electrons. The highest BCUT2D eigenvalue weighted by molar-refractivity contribution is 6.22. The standard InChI is InChI=1S/C28H26N2O5/c1-15-5-3-8-22(16(15)2)29-14-19(12-23(29)31)28(34)35-21-7-4-6-20(13-21)30-26(32)24-17-9-10-18(11-17)25(24)27(30)33/h3-10,13,17-19,24-25H,11-12,14H2,1-2H3/t17-,18-,19+,24+,25+/m0/s1. The van der Waals surface area contributed by atoms with E-state index in [9.17, 15) is 19.2 Å². The van der Waals surface area contributed by atoms with Crippen molar-refractivity contribution in [2.45, 2.75) is 26.7 Å². The van der Waals surface area contributed by atoms with E-state index in [-0.39, 0.29) is 60.1 Å². The molecule has 35 heavy (non-hydrogen) atoms. The van der Waals surface area contributed by atoms with Crippen LogP contribution in [0.15, 0.2) is 54.6 Å². The van der Waals surface area contributed by atoms with Crippen LogP contribution in [-0.4, -0.2) is 30.2 Å². The lowest BCUT2D eigenvalue weighted by molar-refractivity contribution is -0.139. The van der Waals surface area contributed by atoms with Gasteiger partial charge in [-0.1, -0.05) is 30.4 Å². The largest absolute Gasteiger partial charge is 0.426 e. The van der Waals surface area contributed by atoms with Gasteiger partial charge in [0.15, 0.2) is 0 Å². The molecule has 0 N–H and O–H groups in total. The molecule has 2 bridgehead atoms. The summed E-state index contributed by atoms with van der Waals surface area (Å²) in [5.41, 5.74) is 3.32. The van der Waals surface area contributed by atoms with Crippen LogP contribution in [0.25, 0.3) is 0 Å². The minimum Gasteiger partial charge on any atom is -0.426 e. The second-order valence-electron chi connectivity index (χ2n) is 10.1. The monoisotopic (exact) mass is 470 g/mol. The Hall–Kier alpha value is -3.74. The minimum absolute atomic E-state index is 0.0775. The fraction of sp³-hybridized carbons (Fsp3) is 0.357. The van der Waals surface area contributed by atoms with Crippen LogP contribution in [-0.2, 0) is 19.2 Å². The number of esters is 1. The molecular weight excluding hydrogens is 444 g/mol. The van der Waals surface area contributed by atoms with Gasteiger partial charge in [-0.15, -0.1) is 0 Å². The predicted molar refractivity (Wildman–Crippen MR) is 129 cm³/mol. The highest BCUT2D eigenvalue weighted by Gasteiger charge is 2.59. The number of benzene rings is 2. The Morgan fingerprint density at radius 2 is 1.63 bits per heavy atom. The molecule has 0 spiro atoms. The highest BCUT2D eigenvalue weighted by atomic mass is 16.5. The maximum atomic E-state index is 13.1. The van der Waals surface area contributed by atoms with Gasteiger partial charge in [-0.05, 0) is 61.4 Å². The number of nitrogens with zero attached hydrogens (tertiary/aromatic N) is 2. The molecule has 2 aliphatic heterocycles. The molecule has 2 aromatic rings. The van der Waals surface area contributed by atoms with Crippen LogP contribution in [0, 0.1) is 43.4 Å². The topological polar surface area (TPSA) is 84.0 Å². The maximum Gasteiger partial charge on any atom is 0.316 e. The lowest BCUT2D eigenvalue weighted by atomic mass is 9.85. The van der Waals surface area contributed by atoms with Crippen molar-refractivity contribution >= 4 is 35.1 Å². The van der Waals surface area contributed by atoms with Crippen molar-refractivity contribution in [3.8, 4) is 5.75 Å². The summed E-state index contributed by atoms with van der Waals surface area (Å²) < 4.78 is 5.62. The molecular formula is C28H26N2O5. The molecule has 1 saturated carbocycles. The number of hydrogen-bond acceptors (Lipinski definition) is 5. The fourth-order valence-corrected chi connectivity index (χ4v) is 6.17. The number of amides is 3. The maximum absolute atomic E-state index is 13.1. The van der Waals surface area contributed by atoms with Gasteiger partial charge in [0.2, 0.25) is 17.7 Å². The number of carbonyl (C=O) groups is 4. The molecule has 7 heteroatoms. The molecule has 0 aromatic heterocycles. The summed E-state index contributed by atoms with van der Waals surface area (Å²) in [5, 5.41) is 0. The Kier molecular flexibility index (Phi) is 4.91. The second kappa shape index (κ2) is 7.90. The second-order valence-corrected chi connectivity index (χ2v) is 10.1. The van der Waals surface area contributed by atoms with Gasteiger partial charge < -0.3 is 9.64 Å². The number of hydrogen-bond donors (Lipinski definition) is 0.